The molecule has 8 heteroatoms. The van der Waals surface area contributed by atoms with E-state index < -0.39 is 36.0 Å². The minimum absolute atomic E-state index is 0.332. The number of nitrogens with one attached hydrogen (secondary N) is 1. The standard InChI is InChI=1S/C21H20F3N3O2/c1-12(25-19(28)13-4-6-14(22)7-5-13)16-8-9-18-17(26-16)3-2-10-27(18)20(29)15-11-21(15,23)24/h4-9,12,15H,2-3,10-11H2,1H3,(H,25,28)/t12-,15-/m1/s1. The van der Waals surface area contributed by atoms with Gasteiger partial charge < -0.3 is 10.2 Å². The maximum atomic E-state index is 13.3. The third-order valence-corrected chi connectivity index (χ3v) is 5.35. The van der Waals surface area contributed by atoms with Crippen molar-refractivity contribution < 1.29 is 22.8 Å². The summed E-state index contributed by atoms with van der Waals surface area (Å²) in [4.78, 5) is 30.7. The molecule has 4 rings (SSSR count). The van der Waals surface area contributed by atoms with Gasteiger partial charge in [-0.3, -0.25) is 14.6 Å². The first-order chi connectivity index (χ1) is 13.8. The van der Waals surface area contributed by atoms with Crippen LogP contribution in [-0.4, -0.2) is 29.3 Å². The molecular weight excluding hydrogens is 383 g/mol. The second kappa shape index (κ2) is 7.17. The van der Waals surface area contributed by atoms with Gasteiger partial charge in [-0.2, -0.15) is 0 Å². The van der Waals surface area contributed by atoms with Crippen LogP contribution >= 0.6 is 0 Å². The van der Waals surface area contributed by atoms with Gasteiger partial charge in [0.05, 0.1) is 23.1 Å². The molecule has 2 atom stereocenters. The van der Waals surface area contributed by atoms with Gasteiger partial charge in [0.1, 0.15) is 11.7 Å². The van der Waals surface area contributed by atoms with Crippen molar-refractivity contribution in [2.75, 3.05) is 11.4 Å². The highest BCUT2D eigenvalue weighted by molar-refractivity contribution is 5.98. The molecule has 0 spiro atoms. The Balaban J connectivity index is 1.49. The molecule has 0 unspecified atom stereocenters. The second-order valence-electron chi connectivity index (χ2n) is 7.52. The van der Waals surface area contributed by atoms with E-state index in [4.69, 9.17) is 0 Å². The predicted octanol–water partition coefficient (Wildman–Crippen LogP) is 3.65. The molecule has 2 aliphatic rings. The van der Waals surface area contributed by atoms with Crippen molar-refractivity contribution in [2.45, 2.75) is 38.2 Å². The van der Waals surface area contributed by atoms with E-state index in [1.165, 1.54) is 29.2 Å². The molecule has 1 aromatic heterocycles. The topological polar surface area (TPSA) is 62.3 Å². The lowest BCUT2D eigenvalue weighted by molar-refractivity contribution is -0.121. The van der Waals surface area contributed by atoms with Crippen molar-refractivity contribution in [2.24, 2.45) is 5.92 Å². The summed E-state index contributed by atoms with van der Waals surface area (Å²) in [7, 11) is 0. The number of carbonyl (C=O) groups excluding carboxylic acids is 2. The molecule has 2 aromatic rings. The molecule has 152 valence electrons. The summed E-state index contributed by atoms with van der Waals surface area (Å²) in [5.74, 6) is -5.47. The number of aryl methyl sites for hydroxylation is 1. The lowest BCUT2D eigenvalue weighted by Crippen LogP contribution is -2.38. The van der Waals surface area contributed by atoms with E-state index >= 15 is 0 Å². The summed E-state index contributed by atoms with van der Waals surface area (Å²) in [5, 5.41) is 2.81. The van der Waals surface area contributed by atoms with Crippen LogP contribution in [0.15, 0.2) is 36.4 Å². The first-order valence-electron chi connectivity index (χ1n) is 9.52. The molecule has 1 N–H and O–H groups in total. The van der Waals surface area contributed by atoms with Crippen LogP contribution in [0.1, 0.15) is 47.6 Å². The number of fused-ring (bicyclic) bond motifs is 1. The highest BCUT2D eigenvalue weighted by Gasteiger charge is 2.62. The molecule has 1 aliphatic carbocycles. The van der Waals surface area contributed by atoms with E-state index in [1.54, 1.807) is 19.1 Å². The van der Waals surface area contributed by atoms with Crippen molar-refractivity contribution in [3.05, 3.63) is 59.2 Å². The van der Waals surface area contributed by atoms with Gasteiger partial charge in [0.2, 0.25) is 5.91 Å². The predicted molar refractivity (Wildman–Crippen MR) is 100 cm³/mol. The maximum absolute atomic E-state index is 13.3. The van der Waals surface area contributed by atoms with E-state index in [2.05, 4.69) is 10.3 Å². The van der Waals surface area contributed by atoms with Crippen molar-refractivity contribution in [3.63, 3.8) is 0 Å². The molecular formula is C21H20F3N3O2. The largest absolute Gasteiger partial charge is 0.344 e. The summed E-state index contributed by atoms with van der Waals surface area (Å²) >= 11 is 0. The van der Waals surface area contributed by atoms with Gasteiger partial charge in [0.15, 0.2) is 0 Å². The third kappa shape index (κ3) is 3.83. The summed E-state index contributed by atoms with van der Waals surface area (Å²) in [6.07, 6.45) is 0.881. The van der Waals surface area contributed by atoms with Crippen LogP contribution in [0.25, 0.3) is 0 Å². The number of rotatable bonds is 4. The average Bonchev–Trinajstić information content (AvgIpc) is 3.35. The summed E-state index contributed by atoms with van der Waals surface area (Å²) < 4.78 is 39.6. The normalized spacial score (nSPS) is 20.6. The molecule has 29 heavy (non-hydrogen) atoms. The summed E-state index contributed by atoms with van der Waals surface area (Å²) in [5.41, 5.74) is 2.15. The maximum Gasteiger partial charge on any atom is 0.260 e. The fourth-order valence-electron chi connectivity index (χ4n) is 3.56. The number of amides is 2. The van der Waals surface area contributed by atoms with Crippen LogP contribution in [0.4, 0.5) is 18.9 Å². The van der Waals surface area contributed by atoms with Gasteiger partial charge in [0, 0.05) is 18.5 Å². The second-order valence-corrected chi connectivity index (χ2v) is 7.52. The average molecular weight is 403 g/mol. The first kappa shape index (κ1) is 19.4. The number of alkyl halides is 2. The van der Waals surface area contributed by atoms with Crippen LogP contribution in [0, 0.1) is 11.7 Å². The van der Waals surface area contributed by atoms with E-state index in [9.17, 15) is 22.8 Å². The molecule has 0 radical (unpaired) electrons. The fraction of sp³-hybridized carbons (Fsp3) is 0.381. The van der Waals surface area contributed by atoms with E-state index in [1.807, 2.05) is 0 Å². The van der Waals surface area contributed by atoms with E-state index in [-0.39, 0.29) is 5.91 Å². The van der Waals surface area contributed by atoms with E-state index in [0.29, 0.717) is 42.0 Å². The van der Waals surface area contributed by atoms with Gasteiger partial charge in [-0.05, 0) is 56.2 Å². The minimum atomic E-state index is -2.90. The Hall–Kier alpha value is -2.90. The van der Waals surface area contributed by atoms with Crippen LogP contribution in [0.5, 0.6) is 0 Å². The molecule has 1 fully saturated rings. The molecule has 2 heterocycles. The van der Waals surface area contributed by atoms with Crippen molar-refractivity contribution in [3.8, 4) is 0 Å². The van der Waals surface area contributed by atoms with Crippen molar-refractivity contribution >= 4 is 17.5 Å². The molecule has 1 saturated carbocycles. The van der Waals surface area contributed by atoms with Crippen molar-refractivity contribution in [1.82, 2.24) is 10.3 Å². The molecule has 1 aliphatic heterocycles. The molecule has 2 amide bonds. The number of halogens is 3. The van der Waals surface area contributed by atoms with Crippen LogP contribution in [-0.2, 0) is 11.2 Å². The third-order valence-electron chi connectivity index (χ3n) is 5.35. The number of nitrogens with zero attached hydrogens (tertiary/aromatic N) is 2. The number of anilines is 1. The lowest BCUT2D eigenvalue weighted by Gasteiger charge is -2.29. The van der Waals surface area contributed by atoms with Crippen LogP contribution in [0.2, 0.25) is 0 Å². The number of hydrogen-bond donors (Lipinski definition) is 1. The zero-order valence-electron chi connectivity index (χ0n) is 15.8. The fourth-order valence-corrected chi connectivity index (χ4v) is 3.56. The molecule has 5 nitrogen and oxygen atoms in total. The number of hydrogen-bond acceptors (Lipinski definition) is 3. The first-order valence-corrected chi connectivity index (χ1v) is 9.52. The van der Waals surface area contributed by atoms with Gasteiger partial charge in [0.25, 0.3) is 11.8 Å². The zero-order chi connectivity index (χ0) is 20.8. The lowest BCUT2D eigenvalue weighted by atomic mass is 10.0. The van der Waals surface area contributed by atoms with Crippen molar-refractivity contribution in [1.29, 1.82) is 0 Å². The van der Waals surface area contributed by atoms with Gasteiger partial charge >= 0.3 is 0 Å². The number of pyridine rings is 1. The molecule has 0 bridgehead atoms. The summed E-state index contributed by atoms with van der Waals surface area (Å²) in [6.45, 7) is 2.17. The Labute approximate surface area is 165 Å². The minimum Gasteiger partial charge on any atom is -0.344 e. The van der Waals surface area contributed by atoms with Gasteiger partial charge in [-0.1, -0.05) is 0 Å². The Morgan fingerprint density at radius 1 is 1.21 bits per heavy atom. The van der Waals surface area contributed by atoms with E-state index in [0.717, 1.165) is 0 Å². The Kier molecular flexibility index (Phi) is 4.80. The zero-order valence-corrected chi connectivity index (χ0v) is 15.8. The highest BCUT2D eigenvalue weighted by Crippen LogP contribution is 2.50. The monoisotopic (exact) mass is 403 g/mol. The number of aromatic nitrogens is 1. The van der Waals surface area contributed by atoms with Gasteiger partial charge in [-0.15, -0.1) is 0 Å². The SMILES string of the molecule is C[C@@H](NC(=O)c1ccc(F)cc1)c1ccc2c(n1)CCCN2C(=O)[C@H]1CC1(F)F. The highest BCUT2D eigenvalue weighted by atomic mass is 19.3. The Morgan fingerprint density at radius 3 is 2.55 bits per heavy atom. The Morgan fingerprint density at radius 2 is 1.90 bits per heavy atom. The van der Waals surface area contributed by atoms with Gasteiger partial charge in [-0.25, -0.2) is 13.2 Å². The smallest absolute Gasteiger partial charge is 0.260 e. The van der Waals surface area contributed by atoms with Crippen LogP contribution < -0.4 is 10.2 Å². The summed E-state index contributed by atoms with van der Waals surface area (Å²) in [6, 6.07) is 8.19. The quantitative estimate of drug-likeness (QED) is 0.848. The molecule has 1 aromatic carbocycles. The van der Waals surface area contributed by atoms with Crippen LogP contribution in [0.3, 0.4) is 0 Å². The Bertz CT molecular complexity index is 962. The molecule has 0 saturated heterocycles. The number of benzene rings is 1. The number of carbonyl (C=O) groups is 2.